The third-order valence-corrected chi connectivity index (χ3v) is 4.13. The molecule has 0 bridgehead atoms. The van der Waals surface area contributed by atoms with Crippen molar-refractivity contribution < 1.29 is 4.74 Å². The van der Waals surface area contributed by atoms with E-state index < -0.39 is 0 Å². The number of nitrogens with zero attached hydrogens (tertiary/aromatic N) is 1. The second-order valence-electron chi connectivity index (χ2n) is 4.23. The summed E-state index contributed by atoms with van der Waals surface area (Å²) < 4.78 is 7.64. The zero-order valence-electron chi connectivity index (χ0n) is 9.75. The van der Waals surface area contributed by atoms with Crippen molar-refractivity contribution in [3.8, 4) is 0 Å². The largest absolute Gasteiger partial charge is 0.378 e. The van der Waals surface area contributed by atoms with E-state index in [0.29, 0.717) is 12.0 Å². The van der Waals surface area contributed by atoms with Crippen molar-refractivity contribution in [3.05, 3.63) is 21.2 Å². The number of ether oxygens (including phenoxy) is 1. The summed E-state index contributed by atoms with van der Waals surface area (Å²) in [6.45, 7) is 3.99. The first-order valence-corrected chi connectivity index (χ1v) is 7.45. The Kier molecular flexibility index (Phi) is 4.82. The molecule has 1 fully saturated rings. The first-order chi connectivity index (χ1) is 8.20. The number of rotatable bonds is 4. The molecule has 1 aliphatic rings. The van der Waals surface area contributed by atoms with Gasteiger partial charge in [-0.15, -0.1) is 0 Å². The Morgan fingerprint density at radius 3 is 3.06 bits per heavy atom. The minimum atomic E-state index is 0.400. The van der Waals surface area contributed by atoms with E-state index in [1.165, 1.54) is 0 Å². The third kappa shape index (κ3) is 3.42. The molecule has 0 saturated carbocycles. The van der Waals surface area contributed by atoms with E-state index in [1.54, 1.807) is 6.20 Å². The van der Waals surface area contributed by atoms with Gasteiger partial charge < -0.3 is 10.1 Å². The molecular weight excluding hydrogens is 348 g/mol. The number of hydrogen-bond donors (Lipinski definition) is 1. The van der Waals surface area contributed by atoms with Crippen LogP contribution >= 0.6 is 31.9 Å². The highest BCUT2D eigenvalue weighted by Crippen LogP contribution is 2.26. The fourth-order valence-electron chi connectivity index (χ4n) is 2.15. The lowest BCUT2D eigenvalue weighted by Crippen LogP contribution is -2.23. The van der Waals surface area contributed by atoms with E-state index in [0.717, 1.165) is 40.8 Å². The SMILES string of the molecule is CCC1OCCC1CNc1ncc(Br)cc1Br. The maximum absolute atomic E-state index is 5.67. The molecule has 0 amide bonds. The molecule has 1 aromatic rings. The lowest BCUT2D eigenvalue weighted by molar-refractivity contribution is 0.0900. The van der Waals surface area contributed by atoms with Crippen molar-refractivity contribution >= 4 is 37.7 Å². The molecule has 1 aliphatic heterocycles. The molecule has 2 atom stereocenters. The summed E-state index contributed by atoms with van der Waals surface area (Å²) in [5.74, 6) is 1.49. The zero-order chi connectivity index (χ0) is 12.3. The fraction of sp³-hybridized carbons (Fsp3) is 0.583. The molecular formula is C12H16Br2N2O. The van der Waals surface area contributed by atoms with Gasteiger partial charge in [0.2, 0.25) is 0 Å². The normalized spacial score (nSPS) is 23.9. The summed E-state index contributed by atoms with van der Waals surface area (Å²) in [6.07, 6.45) is 4.42. The smallest absolute Gasteiger partial charge is 0.140 e. The van der Waals surface area contributed by atoms with Gasteiger partial charge in [-0.05, 0) is 50.8 Å². The maximum Gasteiger partial charge on any atom is 0.140 e. The minimum Gasteiger partial charge on any atom is -0.378 e. The molecule has 1 saturated heterocycles. The predicted octanol–water partition coefficient (Wildman–Crippen LogP) is 3.83. The lowest BCUT2D eigenvalue weighted by atomic mass is 10.00. The van der Waals surface area contributed by atoms with Crippen LogP contribution in [0.3, 0.4) is 0 Å². The van der Waals surface area contributed by atoms with E-state index in [-0.39, 0.29) is 0 Å². The van der Waals surface area contributed by atoms with E-state index in [2.05, 4.69) is 49.1 Å². The number of hydrogen-bond acceptors (Lipinski definition) is 3. The summed E-state index contributed by atoms with van der Waals surface area (Å²) in [7, 11) is 0. The zero-order valence-corrected chi connectivity index (χ0v) is 12.9. The van der Waals surface area contributed by atoms with Crippen molar-refractivity contribution in [2.75, 3.05) is 18.5 Å². The van der Waals surface area contributed by atoms with Crippen LogP contribution < -0.4 is 5.32 Å². The van der Waals surface area contributed by atoms with Gasteiger partial charge in [-0.2, -0.15) is 0 Å². The molecule has 2 rings (SSSR count). The van der Waals surface area contributed by atoms with Crippen LogP contribution in [0.15, 0.2) is 21.2 Å². The molecule has 5 heteroatoms. The third-order valence-electron chi connectivity index (χ3n) is 3.09. The molecule has 2 unspecified atom stereocenters. The molecule has 0 aromatic carbocycles. The van der Waals surface area contributed by atoms with Crippen molar-refractivity contribution in [1.82, 2.24) is 4.98 Å². The highest BCUT2D eigenvalue weighted by Gasteiger charge is 2.26. The summed E-state index contributed by atoms with van der Waals surface area (Å²) in [4.78, 5) is 4.34. The van der Waals surface area contributed by atoms with Crippen molar-refractivity contribution in [1.29, 1.82) is 0 Å². The van der Waals surface area contributed by atoms with E-state index in [4.69, 9.17) is 4.74 Å². The molecule has 0 aliphatic carbocycles. The highest BCUT2D eigenvalue weighted by atomic mass is 79.9. The van der Waals surface area contributed by atoms with Gasteiger partial charge in [0.15, 0.2) is 0 Å². The molecule has 2 heterocycles. The van der Waals surface area contributed by atoms with E-state index in [1.807, 2.05) is 6.07 Å². The van der Waals surface area contributed by atoms with Crippen LogP contribution in [-0.2, 0) is 4.74 Å². The van der Waals surface area contributed by atoms with Gasteiger partial charge in [0.1, 0.15) is 5.82 Å². The van der Waals surface area contributed by atoms with Crippen LogP contribution in [0.2, 0.25) is 0 Å². The average Bonchev–Trinajstić information content (AvgIpc) is 2.75. The number of pyridine rings is 1. The van der Waals surface area contributed by atoms with Crippen molar-refractivity contribution in [3.63, 3.8) is 0 Å². The Morgan fingerprint density at radius 1 is 1.53 bits per heavy atom. The molecule has 3 nitrogen and oxygen atoms in total. The van der Waals surface area contributed by atoms with Gasteiger partial charge in [0.05, 0.1) is 10.6 Å². The van der Waals surface area contributed by atoms with Gasteiger partial charge in [-0.1, -0.05) is 6.92 Å². The second-order valence-corrected chi connectivity index (χ2v) is 6.00. The summed E-state index contributed by atoms with van der Waals surface area (Å²) in [5.41, 5.74) is 0. The highest BCUT2D eigenvalue weighted by molar-refractivity contribution is 9.11. The Balaban J connectivity index is 1.93. The lowest BCUT2D eigenvalue weighted by Gasteiger charge is -2.18. The van der Waals surface area contributed by atoms with Crippen LogP contribution in [0.5, 0.6) is 0 Å². The molecule has 94 valence electrons. The summed E-state index contributed by atoms with van der Waals surface area (Å²) >= 11 is 6.90. The number of nitrogens with one attached hydrogen (secondary N) is 1. The monoisotopic (exact) mass is 362 g/mol. The molecule has 1 aromatic heterocycles. The Labute approximate surface area is 119 Å². The van der Waals surface area contributed by atoms with E-state index in [9.17, 15) is 0 Å². The Hall–Kier alpha value is -0.130. The van der Waals surface area contributed by atoms with Crippen molar-refractivity contribution in [2.45, 2.75) is 25.9 Å². The van der Waals surface area contributed by atoms with Gasteiger partial charge in [0.25, 0.3) is 0 Å². The molecule has 0 spiro atoms. The number of anilines is 1. The molecule has 1 N–H and O–H groups in total. The van der Waals surface area contributed by atoms with Crippen LogP contribution in [0.4, 0.5) is 5.82 Å². The fourth-order valence-corrected chi connectivity index (χ4v) is 3.28. The summed E-state index contributed by atoms with van der Waals surface area (Å²) in [6, 6.07) is 2.00. The number of halogens is 2. The van der Waals surface area contributed by atoms with Crippen LogP contribution in [-0.4, -0.2) is 24.2 Å². The van der Waals surface area contributed by atoms with Gasteiger partial charge in [-0.3, -0.25) is 0 Å². The van der Waals surface area contributed by atoms with E-state index >= 15 is 0 Å². The Bertz CT molecular complexity index is 387. The summed E-state index contributed by atoms with van der Waals surface area (Å²) in [5, 5.41) is 3.39. The first-order valence-electron chi connectivity index (χ1n) is 5.87. The first kappa shape index (κ1) is 13.3. The maximum atomic E-state index is 5.67. The molecule has 0 radical (unpaired) electrons. The average molecular weight is 364 g/mol. The minimum absolute atomic E-state index is 0.400. The topological polar surface area (TPSA) is 34.1 Å². The standard InChI is InChI=1S/C12H16Br2N2O/c1-2-11-8(3-4-17-11)6-15-12-10(14)5-9(13)7-16-12/h5,7-8,11H,2-4,6H2,1H3,(H,15,16). The van der Waals surface area contributed by atoms with Gasteiger partial charge >= 0.3 is 0 Å². The number of aromatic nitrogens is 1. The quantitative estimate of drug-likeness (QED) is 0.882. The second kappa shape index (κ2) is 6.16. The Morgan fingerprint density at radius 2 is 2.35 bits per heavy atom. The van der Waals surface area contributed by atoms with Crippen molar-refractivity contribution in [2.24, 2.45) is 5.92 Å². The van der Waals surface area contributed by atoms with Crippen LogP contribution in [0.1, 0.15) is 19.8 Å². The van der Waals surface area contributed by atoms with Gasteiger partial charge in [-0.25, -0.2) is 4.98 Å². The van der Waals surface area contributed by atoms with Crippen LogP contribution in [0, 0.1) is 5.92 Å². The predicted molar refractivity (Wildman–Crippen MR) is 76.3 cm³/mol. The van der Waals surface area contributed by atoms with Crippen LogP contribution in [0.25, 0.3) is 0 Å². The van der Waals surface area contributed by atoms with Gasteiger partial charge in [0, 0.05) is 29.7 Å². The molecule has 17 heavy (non-hydrogen) atoms.